The number of aromatic amines is 1. The van der Waals surface area contributed by atoms with E-state index >= 15 is 0 Å². The Kier molecular flexibility index (Phi) is 2.74. The number of H-pyrrole nitrogens is 1. The molecule has 102 valence electrons. The number of aryl methyl sites for hydroxylation is 1. The SMILES string of the molecule is Cc1ccccc1-c1nc2ncc(C(F)(F)F)cc2[nH]1. The van der Waals surface area contributed by atoms with Crippen molar-refractivity contribution in [1.82, 2.24) is 15.0 Å². The summed E-state index contributed by atoms with van der Waals surface area (Å²) in [5.41, 5.74) is 1.60. The zero-order valence-electron chi connectivity index (χ0n) is 10.5. The molecule has 3 rings (SSSR count). The van der Waals surface area contributed by atoms with Gasteiger partial charge in [0.05, 0.1) is 11.1 Å². The van der Waals surface area contributed by atoms with Gasteiger partial charge in [-0.2, -0.15) is 13.2 Å². The number of rotatable bonds is 1. The van der Waals surface area contributed by atoms with Crippen LogP contribution in [0.3, 0.4) is 0 Å². The third-order valence-corrected chi connectivity index (χ3v) is 3.06. The molecule has 0 amide bonds. The van der Waals surface area contributed by atoms with E-state index in [9.17, 15) is 13.2 Å². The molecule has 6 heteroatoms. The van der Waals surface area contributed by atoms with Crippen LogP contribution in [0.5, 0.6) is 0 Å². The number of pyridine rings is 1. The van der Waals surface area contributed by atoms with Gasteiger partial charge in [-0.05, 0) is 18.6 Å². The first-order chi connectivity index (χ1) is 9.45. The predicted octanol–water partition coefficient (Wildman–Crippen LogP) is 3.95. The number of nitrogens with zero attached hydrogens (tertiary/aromatic N) is 2. The van der Waals surface area contributed by atoms with Crippen LogP contribution < -0.4 is 0 Å². The maximum Gasteiger partial charge on any atom is 0.417 e. The summed E-state index contributed by atoms with van der Waals surface area (Å²) in [5, 5.41) is 0. The molecule has 20 heavy (non-hydrogen) atoms. The fourth-order valence-corrected chi connectivity index (χ4v) is 2.02. The van der Waals surface area contributed by atoms with Gasteiger partial charge in [0.25, 0.3) is 0 Å². The highest BCUT2D eigenvalue weighted by Crippen LogP contribution is 2.31. The van der Waals surface area contributed by atoms with Gasteiger partial charge in [-0.15, -0.1) is 0 Å². The van der Waals surface area contributed by atoms with Crippen molar-refractivity contribution in [1.29, 1.82) is 0 Å². The van der Waals surface area contributed by atoms with Gasteiger partial charge in [0.2, 0.25) is 0 Å². The Bertz CT molecular complexity index is 775. The first kappa shape index (κ1) is 12.7. The monoisotopic (exact) mass is 277 g/mol. The number of imidazole rings is 1. The van der Waals surface area contributed by atoms with E-state index in [4.69, 9.17) is 0 Å². The minimum absolute atomic E-state index is 0.274. The standard InChI is InChI=1S/C14H10F3N3/c1-8-4-2-3-5-10(8)12-19-11-6-9(14(15,16)17)7-18-13(11)20-12/h2-7H,1H3,(H,18,19,20). The highest BCUT2D eigenvalue weighted by Gasteiger charge is 2.31. The van der Waals surface area contributed by atoms with Gasteiger partial charge in [-0.25, -0.2) is 9.97 Å². The van der Waals surface area contributed by atoms with Crippen molar-refractivity contribution in [2.45, 2.75) is 13.1 Å². The van der Waals surface area contributed by atoms with Crippen molar-refractivity contribution in [3.63, 3.8) is 0 Å². The lowest BCUT2D eigenvalue weighted by molar-refractivity contribution is -0.137. The van der Waals surface area contributed by atoms with Crippen molar-refractivity contribution in [3.05, 3.63) is 47.7 Å². The van der Waals surface area contributed by atoms with Gasteiger partial charge >= 0.3 is 6.18 Å². The molecule has 0 bridgehead atoms. The molecule has 0 atom stereocenters. The summed E-state index contributed by atoms with van der Waals surface area (Å²) in [6.07, 6.45) is -3.61. The summed E-state index contributed by atoms with van der Waals surface area (Å²) >= 11 is 0. The van der Waals surface area contributed by atoms with Crippen LogP contribution in [-0.2, 0) is 6.18 Å². The topological polar surface area (TPSA) is 41.6 Å². The minimum atomic E-state index is -4.41. The first-order valence-electron chi connectivity index (χ1n) is 5.94. The number of alkyl halides is 3. The number of fused-ring (bicyclic) bond motifs is 1. The maximum atomic E-state index is 12.6. The molecule has 1 N–H and O–H groups in total. The Hall–Kier alpha value is -2.37. The van der Waals surface area contributed by atoms with E-state index in [-0.39, 0.29) is 11.2 Å². The molecule has 0 radical (unpaired) electrons. The Labute approximate surface area is 112 Å². The molecular weight excluding hydrogens is 267 g/mol. The second-order valence-electron chi connectivity index (χ2n) is 4.49. The summed E-state index contributed by atoms with van der Waals surface area (Å²) in [6, 6.07) is 8.54. The first-order valence-corrected chi connectivity index (χ1v) is 5.94. The lowest BCUT2D eigenvalue weighted by Crippen LogP contribution is -2.05. The molecule has 3 aromatic rings. The van der Waals surface area contributed by atoms with E-state index in [1.165, 1.54) is 0 Å². The molecular formula is C14H10F3N3. The van der Waals surface area contributed by atoms with Crippen LogP contribution >= 0.6 is 0 Å². The van der Waals surface area contributed by atoms with Crippen LogP contribution in [0.2, 0.25) is 0 Å². The molecule has 1 aromatic carbocycles. The lowest BCUT2D eigenvalue weighted by Gasteiger charge is -2.04. The molecule has 0 saturated carbocycles. The molecule has 0 fully saturated rings. The third kappa shape index (κ3) is 2.13. The van der Waals surface area contributed by atoms with Crippen molar-refractivity contribution < 1.29 is 13.2 Å². The lowest BCUT2D eigenvalue weighted by atomic mass is 10.1. The summed E-state index contributed by atoms with van der Waals surface area (Å²) in [7, 11) is 0. The smallest absolute Gasteiger partial charge is 0.337 e. The van der Waals surface area contributed by atoms with Gasteiger partial charge in [0.1, 0.15) is 5.82 Å². The second kappa shape index (κ2) is 4.33. The van der Waals surface area contributed by atoms with Gasteiger partial charge in [-0.3, -0.25) is 0 Å². The molecule has 2 aromatic heterocycles. The molecule has 0 spiro atoms. The number of aromatic nitrogens is 3. The van der Waals surface area contributed by atoms with Gasteiger partial charge in [0, 0.05) is 11.8 Å². The fraction of sp³-hybridized carbons (Fsp3) is 0.143. The zero-order chi connectivity index (χ0) is 14.3. The van der Waals surface area contributed by atoms with Crippen LogP contribution in [0.4, 0.5) is 13.2 Å². The average Bonchev–Trinajstić information content (AvgIpc) is 2.80. The molecule has 2 heterocycles. The van der Waals surface area contributed by atoms with E-state index in [2.05, 4.69) is 15.0 Å². The Balaban J connectivity index is 2.14. The van der Waals surface area contributed by atoms with E-state index in [1.54, 1.807) is 0 Å². The fourth-order valence-electron chi connectivity index (χ4n) is 2.02. The molecule has 0 aliphatic carbocycles. The van der Waals surface area contributed by atoms with Crippen LogP contribution in [0.15, 0.2) is 36.5 Å². The summed E-state index contributed by atoms with van der Waals surface area (Å²) < 4.78 is 37.9. The van der Waals surface area contributed by atoms with E-state index in [0.717, 1.165) is 23.4 Å². The average molecular weight is 277 g/mol. The normalized spacial score (nSPS) is 12.0. The molecule has 0 aliphatic heterocycles. The molecule has 0 unspecified atom stereocenters. The van der Waals surface area contributed by atoms with Crippen molar-refractivity contribution in [3.8, 4) is 11.4 Å². The highest BCUT2D eigenvalue weighted by atomic mass is 19.4. The second-order valence-corrected chi connectivity index (χ2v) is 4.49. The van der Waals surface area contributed by atoms with Gasteiger partial charge in [0.15, 0.2) is 5.65 Å². The maximum absolute atomic E-state index is 12.6. The van der Waals surface area contributed by atoms with Crippen molar-refractivity contribution in [2.24, 2.45) is 0 Å². The number of halogens is 3. The Morgan fingerprint density at radius 3 is 2.60 bits per heavy atom. The van der Waals surface area contributed by atoms with Crippen LogP contribution in [0, 0.1) is 6.92 Å². The minimum Gasteiger partial charge on any atom is -0.337 e. The van der Waals surface area contributed by atoms with Crippen molar-refractivity contribution in [2.75, 3.05) is 0 Å². The quantitative estimate of drug-likeness (QED) is 0.731. The van der Waals surface area contributed by atoms with Crippen LogP contribution in [0.1, 0.15) is 11.1 Å². The van der Waals surface area contributed by atoms with Crippen molar-refractivity contribution >= 4 is 11.2 Å². The third-order valence-electron chi connectivity index (χ3n) is 3.06. The summed E-state index contributed by atoms with van der Waals surface area (Å²) in [6.45, 7) is 1.91. The number of hydrogen-bond donors (Lipinski definition) is 1. The summed E-state index contributed by atoms with van der Waals surface area (Å²) in [4.78, 5) is 10.9. The molecule has 0 aliphatic rings. The molecule has 3 nitrogen and oxygen atoms in total. The van der Waals surface area contributed by atoms with E-state index < -0.39 is 11.7 Å². The molecule has 0 saturated heterocycles. The van der Waals surface area contributed by atoms with Crippen LogP contribution in [0.25, 0.3) is 22.6 Å². The predicted molar refractivity (Wildman–Crippen MR) is 69.1 cm³/mol. The van der Waals surface area contributed by atoms with E-state index in [0.29, 0.717) is 5.82 Å². The highest BCUT2D eigenvalue weighted by molar-refractivity contribution is 5.77. The van der Waals surface area contributed by atoms with E-state index in [1.807, 2.05) is 31.2 Å². The number of hydrogen-bond acceptors (Lipinski definition) is 2. The van der Waals surface area contributed by atoms with Gasteiger partial charge in [-0.1, -0.05) is 24.3 Å². The Morgan fingerprint density at radius 2 is 1.90 bits per heavy atom. The Morgan fingerprint density at radius 1 is 1.15 bits per heavy atom. The number of benzene rings is 1. The largest absolute Gasteiger partial charge is 0.417 e. The summed E-state index contributed by atoms with van der Waals surface area (Å²) in [5.74, 6) is 0.518. The van der Waals surface area contributed by atoms with Crippen LogP contribution in [-0.4, -0.2) is 15.0 Å². The number of nitrogens with one attached hydrogen (secondary N) is 1. The van der Waals surface area contributed by atoms with Gasteiger partial charge < -0.3 is 4.98 Å². The zero-order valence-corrected chi connectivity index (χ0v) is 10.5.